The lowest BCUT2D eigenvalue weighted by Crippen LogP contribution is -2.81. The van der Waals surface area contributed by atoms with E-state index in [4.69, 9.17) is 23.4 Å². The zero-order valence-electron chi connectivity index (χ0n) is 48.6. The third kappa shape index (κ3) is 9.71. The molecule has 2 aromatic heterocycles. The number of aliphatic carboxylic acids is 1. The fraction of sp³-hybridized carbons (Fsp3) is 0.500. The third-order valence-electron chi connectivity index (χ3n) is 19.3. The molecule has 90 heavy (non-hydrogen) atoms. The molecule has 0 radical (unpaired) electrons. The molecule has 3 saturated heterocycles. The van der Waals surface area contributed by atoms with Gasteiger partial charge in [-0.3, -0.25) is 14.9 Å². The Bertz CT molecular complexity index is 3910. The SMILES string of the molecule is C[C@H]1CCNC2NC(CC3CCCC3)=C([C@H]3C=C4Cc5[nH]ccc5C#CC[C@]5(O)[C@H](O)[C@@H](O)[C@@]4(Oc4cc6oc(-c7cc(O)c(O)c(CCO)c7)cc(=O)c6c(O)c43)O[C@@]53CC#C[C@]4(C(=O)O)O[C@](C[C@H](CO)CC(=O)CO)(OC3=O)[C@H](O)[C@@H](O)C4(O)O)C=C21. The van der Waals surface area contributed by atoms with Crippen molar-refractivity contribution in [3.8, 4) is 58.0 Å². The van der Waals surface area contributed by atoms with Crippen LogP contribution in [0.3, 0.4) is 0 Å². The number of carbonyl (C=O) groups is 3. The maximum atomic E-state index is 16.3. The molecular weight excluding hydrogens is 1180 g/mol. The predicted molar refractivity (Wildman–Crippen MR) is 309 cm³/mol. The number of carboxylic acids is 1. The zero-order valence-corrected chi connectivity index (χ0v) is 48.6. The van der Waals surface area contributed by atoms with Crippen molar-refractivity contribution in [3.05, 3.63) is 104 Å². The van der Waals surface area contributed by atoms with Crippen molar-refractivity contribution in [2.75, 3.05) is 26.4 Å². The van der Waals surface area contributed by atoms with Crippen LogP contribution in [0.1, 0.15) is 99.4 Å². The van der Waals surface area contributed by atoms with Crippen LogP contribution in [0.4, 0.5) is 0 Å². The van der Waals surface area contributed by atoms with Crippen molar-refractivity contribution in [2.45, 2.75) is 155 Å². The smallest absolute Gasteiger partial charge is 0.354 e. The van der Waals surface area contributed by atoms with Gasteiger partial charge in [-0.2, -0.15) is 0 Å². The van der Waals surface area contributed by atoms with E-state index in [9.17, 15) is 85.9 Å². The van der Waals surface area contributed by atoms with E-state index >= 15 is 4.79 Å². The number of benzene rings is 2. The van der Waals surface area contributed by atoms with Gasteiger partial charge in [0.15, 0.2) is 34.9 Å². The quantitative estimate of drug-likeness (QED) is 0.0274. The first-order valence-electron chi connectivity index (χ1n) is 29.8. The number of aromatic amines is 1. The summed E-state index contributed by atoms with van der Waals surface area (Å²) >= 11 is 0. The number of nitrogens with one attached hydrogen (secondary N) is 3. The Morgan fingerprint density at radius 3 is 2.37 bits per heavy atom. The second-order valence-corrected chi connectivity index (χ2v) is 24.9. The Morgan fingerprint density at radius 2 is 1.64 bits per heavy atom. The Hall–Kier alpha value is -7.64. The second-order valence-electron chi connectivity index (χ2n) is 24.9. The van der Waals surface area contributed by atoms with Crippen LogP contribution in [0.25, 0.3) is 22.3 Å². The van der Waals surface area contributed by atoms with Crippen molar-refractivity contribution in [2.24, 2.45) is 17.8 Å². The lowest BCUT2D eigenvalue weighted by Gasteiger charge is -2.58. The van der Waals surface area contributed by atoms with Crippen LogP contribution in [0, 0.1) is 41.4 Å². The summed E-state index contributed by atoms with van der Waals surface area (Å²) in [7, 11) is 0. The van der Waals surface area contributed by atoms with Gasteiger partial charge in [-0.05, 0) is 78.8 Å². The highest BCUT2D eigenvalue weighted by molar-refractivity contribution is 5.90. The number of aromatic hydroxyl groups is 3. The molecule has 2 aliphatic carbocycles. The minimum atomic E-state index is -4.12. The fourth-order valence-electron chi connectivity index (χ4n) is 14.4. The lowest BCUT2D eigenvalue weighted by atomic mass is 9.67. The summed E-state index contributed by atoms with van der Waals surface area (Å²) < 4.78 is 32.6. The number of dihydropyridines is 1. The van der Waals surface area contributed by atoms with Crippen LogP contribution < -0.4 is 20.8 Å². The van der Waals surface area contributed by atoms with Crippen LogP contribution in [0.2, 0.25) is 0 Å². The van der Waals surface area contributed by atoms with Gasteiger partial charge in [0.1, 0.15) is 52.6 Å². The van der Waals surface area contributed by atoms with Gasteiger partial charge in [0.05, 0.1) is 12.6 Å². The molecular formula is C64H69N3O23. The number of piperidine rings is 1. The van der Waals surface area contributed by atoms with E-state index in [0.717, 1.165) is 49.8 Å². The minimum absolute atomic E-state index is 0.0241. The van der Waals surface area contributed by atoms with Gasteiger partial charge in [0.2, 0.25) is 17.2 Å². The summed E-state index contributed by atoms with van der Waals surface area (Å²) in [5.74, 6) is -11.3. The standard InChI is InChI=1S/C64H69N3O23/c1-30-9-15-66-56-38(30)24-39(42(67-56)19-31-6-2-3-7-31)40-22-36-23-41-33(10-16-65-41)8-4-12-59(83)52(76)54(78)63(36,87-47-26-46-49(51(75)48(40)47)43(72)25-45(86-46)35-20-34(11-17-68)50(74)44(73)21-35)90-61(59)14-5-13-60(57(80)81)64(84,85)55(79)53(77)62(89-60,88-58(61)82)27-32(28-69)18-37(71)29-70/h10,16,20-22,24-26,30-32,40,52-56,65-70,73-79,83-85H,2-3,6-7,9,11-12,14-15,17-19,23,27-29H2,1H3,(H,80,81)/t30-,32+,40+,52+,53+,54+,55+,56?,59-,60+,61+,62-,63-/m0/s1. The molecule has 4 aromatic rings. The Kier molecular flexibility index (Phi) is 15.9. The third-order valence-corrected chi connectivity index (χ3v) is 19.3. The normalized spacial score (nSPS) is 33.0. The van der Waals surface area contributed by atoms with Crippen molar-refractivity contribution >= 4 is 28.7 Å². The highest BCUT2D eigenvalue weighted by Gasteiger charge is 2.78. The number of hydrogen-bond acceptors (Lipinski definition) is 24. The van der Waals surface area contributed by atoms with Gasteiger partial charge >= 0.3 is 11.9 Å². The molecule has 9 heterocycles. The topological polar surface area (TPSA) is 441 Å². The molecule has 13 atom stereocenters. The number of H-pyrrole nitrogens is 1. The van der Waals surface area contributed by atoms with E-state index in [0.29, 0.717) is 29.9 Å². The Morgan fingerprint density at radius 1 is 0.878 bits per heavy atom. The molecule has 1 saturated carbocycles. The van der Waals surface area contributed by atoms with Crippen molar-refractivity contribution < 1.29 is 109 Å². The van der Waals surface area contributed by atoms with Crippen molar-refractivity contribution in [3.63, 3.8) is 0 Å². The van der Waals surface area contributed by atoms with E-state index in [-0.39, 0.29) is 58.0 Å². The number of aliphatic hydroxyl groups excluding tert-OH is 7. The molecule has 478 valence electrons. The number of aliphatic hydroxyl groups is 10. The molecule has 9 aliphatic rings. The second kappa shape index (κ2) is 22.9. The van der Waals surface area contributed by atoms with Crippen LogP contribution in [-0.2, 0) is 41.4 Å². The number of carbonyl (C=O) groups excluding carboxylic acids is 2. The number of Topliss-reactive ketones (excluding diaryl/α,β-unsaturated/α-hetero) is 1. The number of phenolic OH excluding ortho intramolecular Hbond substituents is 3. The maximum absolute atomic E-state index is 16.3. The van der Waals surface area contributed by atoms with Gasteiger partial charge in [-0.25, -0.2) is 9.59 Å². The first kappa shape index (κ1) is 62.5. The number of ether oxygens (including phenoxy) is 4. The van der Waals surface area contributed by atoms with Crippen LogP contribution in [-0.4, -0.2) is 185 Å². The molecule has 2 spiro atoms. The van der Waals surface area contributed by atoms with E-state index in [1.165, 1.54) is 12.1 Å². The Balaban J connectivity index is 1.16. The average molecular weight is 1250 g/mol. The summed E-state index contributed by atoms with van der Waals surface area (Å²) in [6, 6.07) is 6.24. The number of aromatic nitrogens is 1. The number of fused-ring (bicyclic) bond motifs is 7. The number of rotatable bonds is 13. The number of allylic oxidation sites excluding steroid dienone is 4. The van der Waals surface area contributed by atoms with E-state index in [1.54, 1.807) is 18.3 Å². The fourth-order valence-corrected chi connectivity index (χ4v) is 14.4. The number of ketones is 1. The summed E-state index contributed by atoms with van der Waals surface area (Å²) in [6.07, 6.45) is -6.78. The molecule has 26 nitrogen and oxygen atoms in total. The van der Waals surface area contributed by atoms with Crippen LogP contribution in [0.15, 0.2) is 80.3 Å². The minimum Gasteiger partial charge on any atom is -0.507 e. The monoisotopic (exact) mass is 1250 g/mol. The van der Waals surface area contributed by atoms with Gasteiger partial charge in [-0.15, -0.1) is 0 Å². The number of esters is 1. The Labute approximate surface area is 512 Å². The summed E-state index contributed by atoms with van der Waals surface area (Å²) in [6.45, 7) is 0.108. The largest absolute Gasteiger partial charge is 0.507 e. The summed E-state index contributed by atoms with van der Waals surface area (Å²) in [5.41, 5.74) is -9.45. The first-order valence-corrected chi connectivity index (χ1v) is 29.8. The average Bonchev–Trinajstić information content (AvgIpc) is 1.09. The van der Waals surface area contributed by atoms with E-state index in [2.05, 4.69) is 46.2 Å². The summed E-state index contributed by atoms with van der Waals surface area (Å²) in [5, 5.41) is 170. The first-order chi connectivity index (χ1) is 42.8. The molecule has 7 aliphatic heterocycles. The molecule has 1 unspecified atom stereocenters. The van der Waals surface area contributed by atoms with Crippen LogP contribution in [0.5, 0.6) is 23.0 Å². The predicted octanol–water partition coefficient (Wildman–Crippen LogP) is -0.0693. The van der Waals surface area contributed by atoms with E-state index in [1.807, 2.05) is 6.08 Å². The van der Waals surface area contributed by atoms with Crippen molar-refractivity contribution in [1.29, 1.82) is 0 Å². The van der Waals surface area contributed by atoms with E-state index < -0.39 is 179 Å². The van der Waals surface area contributed by atoms with Gasteiger partial charge < -0.3 is 105 Å². The number of phenols is 3. The highest BCUT2D eigenvalue weighted by atomic mass is 16.8. The van der Waals surface area contributed by atoms with Gasteiger partial charge in [0, 0.05) is 102 Å². The number of carboxylic acid groups (broad SMARTS) is 1. The molecule has 26 heteroatoms. The number of hydrogen-bond donors (Lipinski definition) is 17. The molecule has 0 amide bonds. The van der Waals surface area contributed by atoms with Crippen molar-refractivity contribution in [1.82, 2.24) is 15.6 Å². The molecule has 17 N–H and O–H groups in total. The highest BCUT2D eigenvalue weighted by Crippen LogP contribution is 2.58. The maximum Gasteiger partial charge on any atom is 0.354 e. The summed E-state index contributed by atoms with van der Waals surface area (Å²) in [4.78, 5) is 60.6. The zero-order chi connectivity index (χ0) is 64.2. The molecule has 4 fully saturated rings. The van der Waals surface area contributed by atoms with Crippen LogP contribution >= 0.6 is 0 Å². The molecule has 13 rings (SSSR count). The van der Waals surface area contributed by atoms with Gasteiger partial charge in [0.25, 0.3) is 11.4 Å². The molecule has 2 aromatic carbocycles. The molecule has 4 bridgehead atoms. The lowest BCUT2D eigenvalue weighted by molar-refractivity contribution is -0.434. The van der Waals surface area contributed by atoms with Gasteiger partial charge in [-0.1, -0.05) is 62.5 Å².